The van der Waals surface area contributed by atoms with Crippen LogP contribution in [0.2, 0.25) is 0 Å². The van der Waals surface area contributed by atoms with E-state index in [-0.39, 0.29) is 24.6 Å². The van der Waals surface area contributed by atoms with Crippen LogP contribution < -0.4 is 11.2 Å². The Bertz CT molecular complexity index is 1420. The van der Waals surface area contributed by atoms with Crippen LogP contribution in [0.15, 0.2) is 69.6 Å². The second-order valence-corrected chi connectivity index (χ2v) is 9.12. The minimum atomic E-state index is -0.465. The zero-order valence-corrected chi connectivity index (χ0v) is 19.9. The summed E-state index contributed by atoms with van der Waals surface area (Å²) in [4.78, 5) is 41.4. The van der Waals surface area contributed by atoms with Crippen molar-refractivity contribution in [3.63, 3.8) is 0 Å². The molecule has 0 atom stereocenters. The molecule has 0 unspecified atom stereocenters. The molecule has 0 fully saturated rings. The standard InChI is InChI=1S/C26H27N3O3S/c1-4-27(15-20-8-6-5-7-9-20)23(30)17-28-22-12-13-33-24(22)25(31)29(26(28)32)16-21-11-10-18(2)19(3)14-21/h5-14H,4,15-17H2,1-3H3. The second kappa shape index (κ2) is 9.58. The van der Waals surface area contributed by atoms with Gasteiger partial charge in [0.2, 0.25) is 5.91 Å². The monoisotopic (exact) mass is 461 g/mol. The average molecular weight is 462 g/mol. The predicted molar refractivity (Wildman–Crippen MR) is 133 cm³/mol. The lowest BCUT2D eigenvalue weighted by Gasteiger charge is -2.22. The van der Waals surface area contributed by atoms with Crippen molar-refractivity contribution in [1.29, 1.82) is 0 Å². The van der Waals surface area contributed by atoms with Crippen LogP contribution in [-0.2, 0) is 24.4 Å². The van der Waals surface area contributed by atoms with Crippen molar-refractivity contribution in [2.45, 2.75) is 40.4 Å². The normalized spacial score (nSPS) is 11.1. The van der Waals surface area contributed by atoms with Crippen LogP contribution >= 0.6 is 11.3 Å². The Balaban J connectivity index is 1.70. The fourth-order valence-electron chi connectivity index (χ4n) is 3.93. The third-order valence-electron chi connectivity index (χ3n) is 5.99. The maximum atomic E-state index is 13.4. The predicted octanol–water partition coefficient (Wildman–Crippen LogP) is 3.94. The Morgan fingerprint density at radius 1 is 0.939 bits per heavy atom. The molecule has 7 heteroatoms. The Hall–Kier alpha value is -3.45. The van der Waals surface area contributed by atoms with Crippen LogP contribution in [0.4, 0.5) is 0 Å². The van der Waals surface area contributed by atoms with Crippen molar-refractivity contribution in [2.75, 3.05) is 6.54 Å². The average Bonchev–Trinajstić information content (AvgIpc) is 3.31. The first-order valence-electron chi connectivity index (χ1n) is 11.0. The second-order valence-electron chi connectivity index (χ2n) is 8.21. The molecule has 33 heavy (non-hydrogen) atoms. The highest BCUT2D eigenvalue weighted by molar-refractivity contribution is 7.17. The van der Waals surface area contributed by atoms with Gasteiger partial charge in [0.15, 0.2) is 0 Å². The van der Waals surface area contributed by atoms with E-state index in [0.717, 1.165) is 22.3 Å². The molecule has 0 saturated heterocycles. The third kappa shape index (κ3) is 4.68. The summed E-state index contributed by atoms with van der Waals surface area (Å²) in [5.74, 6) is -0.160. The van der Waals surface area contributed by atoms with Gasteiger partial charge in [-0.2, -0.15) is 0 Å². The molecule has 0 spiro atoms. The number of aromatic nitrogens is 2. The largest absolute Gasteiger partial charge is 0.337 e. The van der Waals surface area contributed by atoms with E-state index in [1.165, 1.54) is 20.5 Å². The third-order valence-corrected chi connectivity index (χ3v) is 6.88. The number of likely N-dealkylation sites (N-methyl/N-ethyl adjacent to an activating group) is 1. The molecule has 170 valence electrons. The quantitative estimate of drug-likeness (QED) is 0.419. The van der Waals surface area contributed by atoms with Crippen LogP contribution in [0, 0.1) is 13.8 Å². The highest BCUT2D eigenvalue weighted by Crippen LogP contribution is 2.17. The van der Waals surface area contributed by atoms with E-state index in [1.54, 1.807) is 16.3 Å². The van der Waals surface area contributed by atoms with Gasteiger partial charge in [-0.15, -0.1) is 11.3 Å². The van der Waals surface area contributed by atoms with Gasteiger partial charge >= 0.3 is 5.69 Å². The first kappa shape index (κ1) is 22.7. The maximum absolute atomic E-state index is 13.4. The Kier molecular flexibility index (Phi) is 6.60. The van der Waals surface area contributed by atoms with Crippen LogP contribution in [0.25, 0.3) is 10.2 Å². The smallest absolute Gasteiger partial charge is 0.332 e. The molecule has 0 bridgehead atoms. The van der Waals surface area contributed by atoms with Gasteiger partial charge in [0.25, 0.3) is 5.56 Å². The van der Waals surface area contributed by atoms with Crippen LogP contribution in [-0.4, -0.2) is 26.5 Å². The molecule has 0 aliphatic heterocycles. The number of carbonyl (C=O) groups excluding carboxylic acids is 1. The SMILES string of the molecule is CCN(Cc1ccccc1)C(=O)Cn1c(=O)n(Cc2ccc(C)c(C)c2)c(=O)c2sccc21. The van der Waals surface area contributed by atoms with E-state index in [9.17, 15) is 14.4 Å². The maximum Gasteiger partial charge on any atom is 0.332 e. The molecule has 2 heterocycles. The summed E-state index contributed by atoms with van der Waals surface area (Å²) < 4.78 is 3.16. The fraction of sp³-hybridized carbons (Fsp3) is 0.269. The summed E-state index contributed by atoms with van der Waals surface area (Å²) in [6.45, 7) is 7.01. The minimum absolute atomic E-state index is 0.111. The molecular formula is C26H27N3O3S. The molecular weight excluding hydrogens is 434 g/mol. The van der Waals surface area contributed by atoms with Gasteiger partial charge in [-0.05, 0) is 54.5 Å². The summed E-state index contributed by atoms with van der Waals surface area (Å²) >= 11 is 1.29. The van der Waals surface area contributed by atoms with Gasteiger partial charge in [0.05, 0.1) is 12.1 Å². The van der Waals surface area contributed by atoms with Crippen LogP contribution in [0.1, 0.15) is 29.2 Å². The molecule has 1 amide bonds. The van der Waals surface area contributed by atoms with Gasteiger partial charge in [-0.1, -0.05) is 48.5 Å². The zero-order valence-electron chi connectivity index (χ0n) is 19.1. The Morgan fingerprint density at radius 2 is 1.70 bits per heavy atom. The number of benzene rings is 2. The van der Waals surface area contributed by atoms with Gasteiger partial charge in [0.1, 0.15) is 11.2 Å². The van der Waals surface area contributed by atoms with E-state index in [2.05, 4.69) is 0 Å². The van der Waals surface area contributed by atoms with Gasteiger partial charge in [-0.3, -0.25) is 18.7 Å². The van der Waals surface area contributed by atoms with Crippen molar-refractivity contribution in [1.82, 2.24) is 14.0 Å². The van der Waals surface area contributed by atoms with Gasteiger partial charge in [-0.25, -0.2) is 4.79 Å². The number of rotatable bonds is 7. The number of hydrogen-bond donors (Lipinski definition) is 0. The highest BCUT2D eigenvalue weighted by atomic mass is 32.1. The first-order valence-corrected chi connectivity index (χ1v) is 11.9. The lowest BCUT2D eigenvalue weighted by Crippen LogP contribution is -2.43. The number of carbonyl (C=O) groups is 1. The van der Waals surface area contributed by atoms with Gasteiger partial charge < -0.3 is 4.90 Å². The molecule has 2 aromatic heterocycles. The van der Waals surface area contributed by atoms with Crippen molar-refractivity contribution in [3.8, 4) is 0 Å². The topological polar surface area (TPSA) is 64.3 Å². The first-order chi connectivity index (χ1) is 15.9. The lowest BCUT2D eigenvalue weighted by molar-refractivity contribution is -0.132. The van der Waals surface area contributed by atoms with Gasteiger partial charge in [0, 0.05) is 13.1 Å². The number of amides is 1. The number of fused-ring (bicyclic) bond motifs is 1. The summed E-state index contributed by atoms with van der Waals surface area (Å²) in [5.41, 5.74) is 3.90. The lowest BCUT2D eigenvalue weighted by atomic mass is 10.1. The molecule has 2 aromatic carbocycles. The molecule has 0 aliphatic carbocycles. The highest BCUT2D eigenvalue weighted by Gasteiger charge is 2.19. The van der Waals surface area contributed by atoms with Crippen molar-refractivity contribution in [2.24, 2.45) is 0 Å². The molecule has 0 aliphatic rings. The number of nitrogens with zero attached hydrogens (tertiary/aromatic N) is 3. The summed E-state index contributed by atoms with van der Waals surface area (Å²) in [7, 11) is 0. The van der Waals surface area contributed by atoms with E-state index in [0.29, 0.717) is 23.3 Å². The summed E-state index contributed by atoms with van der Waals surface area (Å²) in [5, 5.41) is 1.79. The molecule has 0 saturated carbocycles. The van der Waals surface area contributed by atoms with E-state index < -0.39 is 5.69 Å². The molecule has 0 N–H and O–H groups in total. The molecule has 6 nitrogen and oxygen atoms in total. The zero-order chi connectivity index (χ0) is 23.5. The molecule has 0 radical (unpaired) electrons. The summed E-state index contributed by atoms with van der Waals surface area (Å²) in [6.07, 6.45) is 0. The number of hydrogen-bond acceptors (Lipinski definition) is 4. The molecule has 4 aromatic rings. The number of thiophene rings is 1. The Morgan fingerprint density at radius 3 is 2.39 bits per heavy atom. The van der Waals surface area contributed by atoms with E-state index in [1.807, 2.05) is 69.3 Å². The Labute approximate surface area is 196 Å². The fourth-order valence-corrected chi connectivity index (χ4v) is 4.77. The number of aryl methyl sites for hydroxylation is 2. The van der Waals surface area contributed by atoms with Crippen molar-refractivity contribution in [3.05, 3.63) is 103 Å². The summed E-state index contributed by atoms with van der Waals surface area (Å²) in [6, 6.07) is 17.4. The minimum Gasteiger partial charge on any atom is -0.337 e. The van der Waals surface area contributed by atoms with E-state index >= 15 is 0 Å². The van der Waals surface area contributed by atoms with E-state index in [4.69, 9.17) is 0 Å². The molecule has 4 rings (SSSR count). The van der Waals surface area contributed by atoms with Crippen LogP contribution in [0.3, 0.4) is 0 Å². The van der Waals surface area contributed by atoms with Crippen LogP contribution in [0.5, 0.6) is 0 Å². The van der Waals surface area contributed by atoms with Crippen molar-refractivity contribution >= 4 is 27.5 Å². The van der Waals surface area contributed by atoms with Crippen molar-refractivity contribution < 1.29 is 4.79 Å².